The summed E-state index contributed by atoms with van der Waals surface area (Å²) >= 11 is 9.83. The molecule has 1 fully saturated rings. The second kappa shape index (κ2) is 6.01. The first kappa shape index (κ1) is 14.9. The Morgan fingerprint density at radius 1 is 1.29 bits per heavy atom. The maximum absolute atomic E-state index is 6.24. The summed E-state index contributed by atoms with van der Waals surface area (Å²) in [7, 11) is 0. The lowest BCUT2D eigenvalue weighted by molar-refractivity contribution is 0.524. The third-order valence-electron chi connectivity index (χ3n) is 4.07. The number of aryl methyl sites for hydroxylation is 2. The second-order valence-electron chi connectivity index (χ2n) is 5.76. The van der Waals surface area contributed by atoms with Crippen molar-refractivity contribution >= 4 is 39.2 Å². The minimum Gasteiger partial charge on any atom is -0.325 e. The van der Waals surface area contributed by atoms with Gasteiger partial charge in [0.25, 0.3) is 0 Å². The molecular formula is C16H19BrClN3. The van der Waals surface area contributed by atoms with Crippen LogP contribution in [0.25, 0.3) is 0 Å². The lowest BCUT2D eigenvalue weighted by atomic mass is 10.2. The number of imidazole rings is 1. The van der Waals surface area contributed by atoms with Crippen LogP contribution in [0.2, 0.25) is 5.02 Å². The molecule has 1 aromatic heterocycles. The lowest BCUT2D eigenvalue weighted by Gasteiger charge is -2.16. The fraction of sp³-hybridized carbons (Fsp3) is 0.438. The molecule has 1 aliphatic rings. The third-order valence-corrected chi connectivity index (χ3v) is 5.13. The Balaban J connectivity index is 1.93. The average molecular weight is 369 g/mol. The van der Waals surface area contributed by atoms with Crippen LogP contribution in [0.1, 0.15) is 43.0 Å². The lowest BCUT2D eigenvalue weighted by Crippen LogP contribution is -2.08. The average Bonchev–Trinajstić information content (AvgIpc) is 3.05. The third kappa shape index (κ3) is 3.11. The van der Waals surface area contributed by atoms with Crippen molar-refractivity contribution in [2.45, 2.75) is 45.6 Å². The van der Waals surface area contributed by atoms with Crippen LogP contribution in [0, 0.1) is 13.8 Å². The first-order valence-electron chi connectivity index (χ1n) is 7.33. The molecule has 112 valence electrons. The minimum atomic E-state index is 0.563. The van der Waals surface area contributed by atoms with Crippen LogP contribution in [0.4, 0.5) is 11.6 Å². The molecular weight excluding hydrogens is 350 g/mol. The van der Waals surface area contributed by atoms with E-state index in [4.69, 9.17) is 11.6 Å². The summed E-state index contributed by atoms with van der Waals surface area (Å²) in [5.74, 6) is 0.903. The smallest absolute Gasteiger partial charge is 0.207 e. The number of hydrogen-bond acceptors (Lipinski definition) is 2. The number of rotatable bonds is 3. The van der Waals surface area contributed by atoms with Crippen molar-refractivity contribution in [3.8, 4) is 0 Å². The Hall–Kier alpha value is -1.000. The Bertz CT molecular complexity index is 660. The van der Waals surface area contributed by atoms with Gasteiger partial charge in [-0.2, -0.15) is 0 Å². The molecule has 3 nitrogen and oxygen atoms in total. The van der Waals surface area contributed by atoms with E-state index in [2.05, 4.69) is 37.0 Å². The molecule has 1 aromatic carbocycles. The molecule has 0 amide bonds. The molecule has 1 heterocycles. The largest absolute Gasteiger partial charge is 0.325 e. The molecule has 0 bridgehead atoms. The molecule has 3 rings (SSSR count). The van der Waals surface area contributed by atoms with Crippen molar-refractivity contribution in [3.05, 3.63) is 39.1 Å². The van der Waals surface area contributed by atoms with Crippen LogP contribution in [0.15, 0.2) is 22.8 Å². The van der Waals surface area contributed by atoms with Crippen LogP contribution in [0.5, 0.6) is 0 Å². The van der Waals surface area contributed by atoms with Gasteiger partial charge in [-0.3, -0.25) is 0 Å². The highest BCUT2D eigenvalue weighted by molar-refractivity contribution is 9.10. The summed E-state index contributed by atoms with van der Waals surface area (Å²) in [6.07, 6.45) is 7.23. The van der Waals surface area contributed by atoms with Crippen LogP contribution in [0.3, 0.4) is 0 Å². The van der Waals surface area contributed by atoms with Crippen molar-refractivity contribution < 1.29 is 0 Å². The molecule has 5 heteroatoms. The molecule has 0 atom stereocenters. The quantitative estimate of drug-likeness (QED) is 0.744. The molecule has 1 N–H and O–H groups in total. The van der Waals surface area contributed by atoms with Gasteiger partial charge in [-0.15, -0.1) is 0 Å². The number of nitrogens with one attached hydrogen (secondary N) is 1. The molecule has 0 aliphatic heterocycles. The van der Waals surface area contributed by atoms with Gasteiger partial charge in [-0.1, -0.05) is 24.4 Å². The minimum absolute atomic E-state index is 0.563. The molecule has 21 heavy (non-hydrogen) atoms. The molecule has 0 radical (unpaired) electrons. The summed E-state index contributed by atoms with van der Waals surface area (Å²) in [4.78, 5) is 4.63. The van der Waals surface area contributed by atoms with E-state index < -0.39 is 0 Å². The van der Waals surface area contributed by atoms with Crippen LogP contribution in [-0.4, -0.2) is 9.55 Å². The molecule has 2 aromatic rings. The van der Waals surface area contributed by atoms with Gasteiger partial charge in [0.1, 0.15) is 0 Å². The SMILES string of the molecule is Cc1cn(C2CCCC2)c(Nc2cc(Cl)c(C)cc2Br)n1. The van der Waals surface area contributed by atoms with E-state index in [0.717, 1.165) is 32.4 Å². The highest BCUT2D eigenvalue weighted by atomic mass is 79.9. The first-order chi connectivity index (χ1) is 10.0. The molecule has 0 unspecified atom stereocenters. The van der Waals surface area contributed by atoms with Gasteiger partial charge in [-0.25, -0.2) is 4.98 Å². The van der Waals surface area contributed by atoms with Crippen molar-refractivity contribution in [1.82, 2.24) is 9.55 Å². The molecule has 1 saturated carbocycles. The van der Waals surface area contributed by atoms with Gasteiger partial charge >= 0.3 is 0 Å². The zero-order valence-corrected chi connectivity index (χ0v) is 14.6. The van der Waals surface area contributed by atoms with E-state index >= 15 is 0 Å². The standard InChI is InChI=1S/C16H19BrClN3/c1-10-7-13(17)15(8-14(10)18)20-16-19-11(2)9-21(16)12-5-3-4-6-12/h7-9,12H,3-6H2,1-2H3,(H,19,20). The monoisotopic (exact) mass is 367 g/mol. The summed E-state index contributed by atoms with van der Waals surface area (Å²) in [6, 6.07) is 4.54. The van der Waals surface area contributed by atoms with Gasteiger partial charge < -0.3 is 9.88 Å². The number of aromatic nitrogens is 2. The second-order valence-corrected chi connectivity index (χ2v) is 7.02. The number of nitrogens with zero attached hydrogens (tertiary/aromatic N) is 2. The fourth-order valence-electron chi connectivity index (χ4n) is 2.93. The van der Waals surface area contributed by atoms with E-state index in [1.54, 1.807) is 0 Å². The zero-order valence-electron chi connectivity index (χ0n) is 12.3. The van der Waals surface area contributed by atoms with Gasteiger partial charge in [0.15, 0.2) is 0 Å². The summed E-state index contributed by atoms with van der Waals surface area (Å²) < 4.78 is 3.28. The highest BCUT2D eigenvalue weighted by Gasteiger charge is 2.20. The highest BCUT2D eigenvalue weighted by Crippen LogP contribution is 2.35. The Kier molecular flexibility index (Phi) is 4.27. The van der Waals surface area contributed by atoms with E-state index in [1.807, 2.05) is 26.0 Å². The first-order valence-corrected chi connectivity index (χ1v) is 8.50. The van der Waals surface area contributed by atoms with E-state index in [9.17, 15) is 0 Å². The molecule has 0 saturated heterocycles. The molecule has 1 aliphatic carbocycles. The van der Waals surface area contributed by atoms with Crippen LogP contribution >= 0.6 is 27.5 Å². The Labute approximate surface area is 138 Å². The van der Waals surface area contributed by atoms with Crippen molar-refractivity contribution in [3.63, 3.8) is 0 Å². The van der Waals surface area contributed by atoms with Crippen molar-refractivity contribution in [2.24, 2.45) is 0 Å². The fourth-order valence-corrected chi connectivity index (χ4v) is 3.65. The molecule has 0 spiro atoms. The maximum Gasteiger partial charge on any atom is 0.207 e. The summed E-state index contributed by atoms with van der Waals surface area (Å²) in [5.41, 5.74) is 3.05. The number of anilines is 2. The van der Waals surface area contributed by atoms with Gasteiger partial charge in [-0.05, 0) is 60.3 Å². The predicted molar refractivity (Wildman–Crippen MR) is 91.6 cm³/mol. The Morgan fingerprint density at radius 3 is 2.71 bits per heavy atom. The van der Waals surface area contributed by atoms with E-state index in [-0.39, 0.29) is 0 Å². The number of benzene rings is 1. The Morgan fingerprint density at radius 2 is 2.00 bits per heavy atom. The van der Waals surface area contributed by atoms with Gasteiger partial charge in [0, 0.05) is 21.7 Å². The van der Waals surface area contributed by atoms with Crippen molar-refractivity contribution in [1.29, 1.82) is 0 Å². The van der Waals surface area contributed by atoms with Gasteiger partial charge in [0.05, 0.1) is 11.4 Å². The summed E-state index contributed by atoms with van der Waals surface area (Å²) in [5, 5.41) is 4.19. The van der Waals surface area contributed by atoms with Gasteiger partial charge in [0.2, 0.25) is 5.95 Å². The predicted octanol–water partition coefficient (Wildman–Crippen LogP) is 5.77. The maximum atomic E-state index is 6.24. The topological polar surface area (TPSA) is 29.9 Å². The normalized spacial score (nSPS) is 15.6. The number of halogens is 2. The zero-order chi connectivity index (χ0) is 15.0. The van der Waals surface area contributed by atoms with Crippen molar-refractivity contribution in [2.75, 3.05) is 5.32 Å². The summed E-state index contributed by atoms with van der Waals surface area (Å²) in [6.45, 7) is 4.04. The van der Waals surface area contributed by atoms with E-state index in [0.29, 0.717) is 6.04 Å². The van der Waals surface area contributed by atoms with Crippen LogP contribution < -0.4 is 5.32 Å². The number of hydrogen-bond donors (Lipinski definition) is 1. The van der Waals surface area contributed by atoms with Crippen LogP contribution in [-0.2, 0) is 0 Å². The van der Waals surface area contributed by atoms with E-state index in [1.165, 1.54) is 25.7 Å².